The van der Waals surface area contributed by atoms with Crippen molar-refractivity contribution in [2.45, 2.75) is 32.7 Å². The summed E-state index contributed by atoms with van der Waals surface area (Å²) in [5.41, 5.74) is 1.47. The zero-order valence-electron chi connectivity index (χ0n) is 12.5. The fourth-order valence-corrected chi connectivity index (χ4v) is 1.96. The van der Waals surface area contributed by atoms with Gasteiger partial charge in [0.15, 0.2) is 0 Å². The van der Waals surface area contributed by atoms with Gasteiger partial charge >= 0.3 is 12.0 Å². The number of amides is 2. The zero-order chi connectivity index (χ0) is 15.8. The number of carbonyl (C=O) groups excluding carboxylic acids is 1. The maximum atomic E-state index is 12.3. The van der Waals surface area contributed by atoms with Crippen LogP contribution in [0.3, 0.4) is 0 Å². The Morgan fingerprint density at radius 2 is 2.05 bits per heavy atom. The van der Waals surface area contributed by atoms with Gasteiger partial charge in [-0.1, -0.05) is 24.3 Å². The molecule has 0 spiro atoms. The number of aliphatic carboxylic acids is 1. The maximum absolute atomic E-state index is 12.3. The molecule has 21 heavy (non-hydrogen) atoms. The molecule has 0 unspecified atom stereocenters. The van der Waals surface area contributed by atoms with Gasteiger partial charge in [-0.15, -0.1) is 6.58 Å². The lowest BCUT2D eigenvalue weighted by Crippen LogP contribution is -2.40. The number of nitrogens with zero attached hydrogens (tertiary/aromatic N) is 1. The van der Waals surface area contributed by atoms with Gasteiger partial charge in [0.2, 0.25) is 0 Å². The monoisotopic (exact) mass is 290 g/mol. The molecule has 0 aliphatic heterocycles. The van der Waals surface area contributed by atoms with Gasteiger partial charge < -0.3 is 15.3 Å². The molecule has 0 radical (unpaired) electrons. The Morgan fingerprint density at radius 1 is 1.38 bits per heavy atom. The topological polar surface area (TPSA) is 69.6 Å². The lowest BCUT2D eigenvalue weighted by molar-refractivity contribution is -0.136. The van der Waals surface area contributed by atoms with Crippen molar-refractivity contribution >= 4 is 17.7 Å². The molecule has 0 heterocycles. The molecule has 5 heteroatoms. The smallest absolute Gasteiger partial charge is 0.322 e. The molecule has 0 aliphatic carbocycles. The second-order valence-corrected chi connectivity index (χ2v) is 5.02. The Hall–Kier alpha value is -2.30. The Labute approximate surface area is 125 Å². The summed E-state index contributed by atoms with van der Waals surface area (Å²) in [5, 5.41) is 11.6. The molecule has 0 atom stereocenters. The van der Waals surface area contributed by atoms with Gasteiger partial charge in [0, 0.05) is 24.7 Å². The predicted octanol–water partition coefficient (Wildman–Crippen LogP) is 3.13. The average molecular weight is 290 g/mol. The first-order valence-electron chi connectivity index (χ1n) is 6.94. The molecule has 1 aromatic carbocycles. The first-order valence-corrected chi connectivity index (χ1v) is 6.94. The molecule has 0 fully saturated rings. The number of anilines is 1. The van der Waals surface area contributed by atoms with Crippen molar-refractivity contribution in [3.8, 4) is 0 Å². The van der Waals surface area contributed by atoms with E-state index >= 15 is 0 Å². The first-order chi connectivity index (χ1) is 9.95. The van der Waals surface area contributed by atoms with Gasteiger partial charge in [0.1, 0.15) is 0 Å². The quantitative estimate of drug-likeness (QED) is 0.758. The van der Waals surface area contributed by atoms with E-state index in [1.54, 1.807) is 17.0 Å². The number of rotatable bonds is 7. The highest BCUT2D eigenvalue weighted by molar-refractivity contribution is 5.90. The number of aryl methyl sites for hydroxylation is 1. The molecule has 1 aromatic rings. The number of carbonyl (C=O) groups is 2. The number of hydrogen-bond acceptors (Lipinski definition) is 2. The second kappa shape index (κ2) is 8.09. The van der Waals surface area contributed by atoms with Gasteiger partial charge in [0.05, 0.1) is 0 Å². The fourth-order valence-electron chi connectivity index (χ4n) is 1.96. The summed E-state index contributed by atoms with van der Waals surface area (Å²) in [6.45, 7) is 7.97. The molecular formula is C16H22N2O3. The van der Waals surface area contributed by atoms with Gasteiger partial charge in [-0.05, 0) is 31.9 Å². The molecular weight excluding hydrogens is 268 g/mol. The van der Waals surface area contributed by atoms with E-state index < -0.39 is 5.97 Å². The Balaban J connectivity index is 2.83. The number of carboxylic acid groups (broad SMARTS) is 1. The molecule has 0 bridgehead atoms. The molecule has 1 rings (SSSR count). The Bertz CT molecular complexity index is 512. The van der Waals surface area contributed by atoms with Crippen molar-refractivity contribution in [3.05, 3.63) is 42.5 Å². The standard InChI is InChI=1S/C16H22N2O3/c1-4-11-18(12(2)3)16(21)17-14-8-6-5-7-13(14)9-10-15(19)20/h4-8,12H,1,9-11H2,2-3H3,(H,17,21)(H,19,20). The van der Waals surface area contributed by atoms with Crippen LogP contribution in [0.25, 0.3) is 0 Å². The van der Waals surface area contributed by atoms with E-state index in [9.17, 15) is 9.59 Å². The van der Waals surface area contributed by atoms with Gasteiger partial charge in [-0.3, -0.25) is 4.79 Å². The van der Waals surface area contributed by atoms with Gasteiger partial charge in [-0.25, -0.2) is 4.79 Å². The SMILES string of the molecule is C=CCN(C(=O)Nc1ccccc1CCC(=O)O)C(C)C. The van der Waals surface area contributed by atoms with Gasteiger partial charge in [0.25, 0.3) is 0 Å². The number of hydrogen-bond donors (Lipinski definition) is 2. The van der Waals surface area contributed by atoms with Crippen molar-refractivity contribution in [2.24, 2.45) is 0 Å². The van der Waals surface area contributed by atoms with Crippen LogP contribution >= 0.6 is 0 Å². The largest absolute Gasteiger partial charge is 0.481 e. The molecule has 0 aliphatic rings. The number of para-hydroxylation sites is 1. The number of benzene rings is 1. The summed E-state index contributed by atoms with van der Waals surface area (Å²) in [5.74, 6) is -0.855. The number of carboxylic acids is 1. The molecule has 5 nitrogen and oxygen atoms in total. The van der Waals surface area contributed by atoms with Crippen LogP contribution in [0.1, 0.15) is 25.8 Å². The minimum Gasteiger partial charge on any atom is -0.481 e. The number of urea groups is 1. The maximum Gasteiger partial charge on any atom is 0.322 e. The summed E-state index contributed by atoms with van der Waals surface area (Å²) in [6, 6.07) is 7.08. The number of nitrogens with one attached hydrogen (secondary N) is 1. The highest BCUT2D eigenvalue weighted by atomic mass is 16.4. The molecule has 0 saturated carbocycles. The third kappa shape index (κ3) is 5.30. The average Bonchev–Trinajstić information content (AvgIpc) is 2.43. The Morgan fingerprint density at radius 3 is 2.62 bits per heavy atom. The van der Waals surface area contributed by atoms with E-state index in [1.165, 1.54) is 0 Å². The summed E-state index contributed by atoms with van der Waals surface area (Å²) >= 11 is 0. The summed E-state index contributed by atoms with van der Waals surface area (Å²) in [7, 11) is 0. The van der Waals surface area contributed by atoms with E-state index in [4.69, 9.17) is 5.11 Å². The van der Waals surface area contributed by atoms with E-state index in [2.05, 4.69) is 11.9 Å². The lowest BCUT2D eigenvalue weighted by atomic mass is 10.1. The molecule has 2 amide bonds. The van der Waals surface area contributed by atoms with E-state index in [1.807, 2.05) is 32.0 Å². The van der Waals surface area contributed by atoms with Crippen molar-refractivity contribution in [2.75, 3.05) is 11.9 Å². The van der Waals surface area contributed by atoms with Crippen molar-refractivity contribution in [1.29, 1.82) is 0 Å². The Kier molecular flexibility index (Phi) is 6.46. The predicted molar refractivity (Wildman–Crippen MR) is 83.5 cm³/mol. The minimum atomic E-state index is -0.855. The molecule has 0 aromatic heterocycles. The normalized spacial score (nSPS) is 10.2. The molecule has 114 valence electrons. The second-order valence-electron chi connectivity index (χ2n) is 5.02. The summed E-state index contributed by atoms with van der Waals surface area (Å²) < 4.78 is 0. The van der Waals surface area contributed by atoms with E-state index in [-0.39, 0.29) is 18.5 Å². The fraction of sp³-hybridized carbons (Fsp3) is 0.375. The van der Waals surface area contributed by atoms with Crippen LogP contribution in [-0.4, -0.2) is 34.6 Å². The van der Waals surface area contributed by atoms with Crippen LogP contribution in [-0.2, 0) is 11.2 Å². The summed E-state index contributed by atoms with van der Waals surface area (Å²) in [4.78, 5) is 24.6. The van der Waals surface area contributed by atoms with Crippen LogP contribution in [0, 0.1) is 0 Å². The van der Waals surface area contributed by atoms with E-state index in [0.29, 0.717) is 18.7 Å². The van der Waals surface area contributed by atoms with Crippen LogP contribution in [0.5, 0.6) is 0 Å². The molecule has 2 N–H and O–H groups in total. The minimum absolute atomic E-state index is 0.0352. The van der Waals surface area contributed by atoms with Crippen LogP contribution < -0.4 is 5.32 Å². The van der Waals surface area contributed by atoms with Crippen LogP contribution in [0.15, 0.2) is 36.9 Å². The lowest BCUT2D eigenvalue weighted by Gasteiger charge is -2.26. The molecule has 0 saturated heterocycles. The van der Waals surface area contributed by atoms with Gasteiger partial charge in [-0.2, -0.15) is 0 Å². The van der Waals surface area contributed by atoms with Crippen molar-refractivity contribution < 1.29 is 14.7 Å². The third-order valence-electron chi connectivity index (χ3n) is 3.08. The third-order valence-corrected chi connectivity index (χ3v) is 3.08. The highest BCUT2D eigenvalue weighted by Crippen LogP contribution is 2.18. The van der Waals surface area contributed by atoms with Crippen molar-refractivity contribution in [1.82, 2.24) is 4.90 Å². The highest BCUT2D eigenvalue weighted by Gasteiger charge is 2.16. The van der Waals surface area contributed by atoms with Crippen molar-refractivity contribution in [3.63, 3.8) is 0 Å². The first kappa shape index (κ1) is 16.8. The summed E-state index contributed by atoms with van der Waals surface area (Å²) in [6.07, 6.45) is 2.10. The van der Waals surface area contributed by atoms with E-state index in [0.717, 1.165) is 5.56 Å². The zero-order valence-corrected chi connectivity index (χ0v) is 12.5. The van der Waals surface area contributed by atoms with Crippen LogP contribution in [0.2, 0.25) is 0 Å². The van der Waals surface area contributed by atoms with Crippen LogP contribution in [0.4, 0.5) is 10.5 Å².